The zero-order chi connectivity index (χ0) is 13.1. The highest BCUT2D eigenvalue weighted by Crippen LogP contribution is 2.17. The largest absolute Gasteiger partial charge is 0.399 e. The summed E-state index contributed by atoms with van der Waals surface area (Å²) in [5.74, 6) is -0.419. The molecule has 0 aliphatic rings. The van der Waals surface area contributed by atoms with Gasteiger partial charge in [-0.1, -0.05) is 15.9 Å². The molecule has 0 atom stereocenters. The zero-order valence-electron chi connectivity index (χ0n) is 9.49. The molecule has 2 aromatic rings. The molecule has 2 rings (SSSR count). The second-order valence-electron chi connectivity index (χ2n) is 4.00. The van der Waals surface area contributed by atoms with Gasteiger partial charge in [-0.25, -0.2) is 4.39 Å². The molecule has 0 heterocycles. The number of carbonyl (C=O) groups is 1. The number of rotatable bonds is 3. The average molecular weight is 308 g/mol. The highest BCUT2D eigenvalue weighted by atomic mass is 79.9. The molecule has 0 bridgehead atoms. The van der Waals surface area contributed by atoms with Crippen molar-refractivity contribution in [3.05, 3.63) is 63.9 Å². The summed E-state index contributed by atoms with van der Waals surface area (Å²) in [4.78, 5) is 12.0. The third kappa shape index (κ3) is 3.17. The number of carbonyl (C=O) groups excluding carboxylic acids is 1. The van der Waals surface area contributed by atoms with E-state index >= 15 is 0 Å². The van der Waals surface area contributed by atoms with Crippen LogP contribution in [0, 0.1) is 5.82 Å². The van der Waals surface area contributed by atoms with Crippen molar-refractivity contribution in [2.24, 2.45) is 0 Å². The number of ketones is 1. The summed E-state index contributed by atoms with van der Waals surface area (Å²) in [5, 5.41) is 0. The molecule has 0 radical (unpaired) electrons. The molecule has 18 heavy (non-hydrogen) atoms. The summed E-state index contributed by atoms with van der Waals surface area (Å²) < 4.78 is 13.8. The van der Waals surface area contributed by atoms with Gasteiger partial charge in [-0.05, 0) is 48.0 Å². The molecule has 2 nitrogen and oxygen atoms in total. The Balaban J connectivity index is 2.18. The van der Waals surface area contributed by atoms with Crippen molar-refractivity contribution in [2.75, 3.05) is 5.73 Å². The van der Waals surface area contributed by atoms with Gasteiger partial charge in [-0.3, -0.25) is 4.79 Å². The van der Waals surface area contributed by atoms with E-state index < -0.39 is 0 Å². The molecule has 0 aromatic heterocycles. The van der Waals surface area contributed by atoms with E-state index in [1.54, 1.807) is 30.3 Å². The summed E-state index contributed by atoms with van der Waals surface area (Å²) in [6.07, 6.45) is 0.167. The lowest BCUT2D eigenvalue weighted by Crippen LogP contribution is -2.04. The van der Waals surface area contributed by atoms with Gasteiger partial charge < -0.3 is 5.73 Å². The third-order valence-corrected chi connectivity index (χ3v) is 2.98. The first-order chi connectivity index (χ1) is 8.54. The van der Waals surface area contributed by atoms with Crippen LogP contribution >= 0.6 is 15.9 Å². The predicted molar refractivity (Wildman–Crippen MR) is 73.0 cm³/mol. The van der Waals surface area contributed by atoms with Gasteiger partial charge in [-0.2, -0.15) is 0 Å². The molecule has 0 saturated heterocycles. The van der Waals surface area contributed by atoms with Gasteiger partial charge >= 0.3 is 0 Å². The van der Waals surface area contributed by atoms with Crippen LogP contribution in [0.1, 0.15) is 15.9 Å². The van der Waals surface area contributed by atoms with E-state index in [0.717, 1.165) is 0 Å². The van der Waals surface area contributed by atoms with Crippen molar-refractivity contribution in [1.82, 2.24) is 0 Å². The molecule has 4 heteroatoms. The molecule has 0 unspecified atom stereocenters. The minimum absolute atomic E-state index is 0.0625. The number of hydrogen-bond donors (Lipinski definition) is 1. The number of halogens is 2. The Morgan fingerprint density at radius 2 is 1.83 bits per heavy atom. The van der Waals surface area contributed by atoms with E-state index in [2.05, 4.69) is 15.9 Å². The van der Waals surface area contributed by atoms with Gasteiger partial charge in [0.2, 0.25) is 0 Å². The van der Waals surface area contributed by atoms with Gasteiger partial charge in [-0.15, -0.1) is 0 Å². The van der Waals surface area contributed by atoms with Gasteiger partial charge in [0, 0.05) is 22.1 Å². The monoisotopic (exact) mass is 307 g/mol. The maximum absolute atomic E-state index is 13.2. The van der Waals surface area contributed by atoms with Crippen LogP contribution in [0.25, 0.3) is 0 Å². The Hall–Kier alpha value is -1.68. The molecule has 2 aromatic carbocycles. The number of Topliss-reactive ketones (excluding diaryl/α,β-unsaturated/α-hetero) is 1. The number of nitrogens with two attached hydrogens (primary N) is 1. The van der Waals surface area contributed by atoms with Crippen molar-refractivity contribution in [2.45, 2.75) is 6.42 Å². The van der Waals surface area contributed by atoms with Crippen LogP contribution < -0.4 is 5.73 Å². The van der Waals surface area contributed by atoms with Gasteiger partial charge in [0.05, 0.1) is 0 Å². The van der Waals surface area contributed by atoms with Gasteiger partial charge in [0.25, 0.3) is 0 Å². The SMILES string of the molecule is Nc1ccc(C(=O)Cc2cc(F)cc(Br)c2)cc1. The van der Waals surface area contributed by atoms with Crippen molar-refractivity contribution in [3.63, 3.8) is 0 Å². The smallest absolute Gasteiger partial charge is 0.167 e. The molecule has 0 amide bonds. The standard InChI is InChI=1S/C14H11BrFNO/c15-11-5-9(6-12(16)8-11)7-14(18)10-1-3-13(17)4-2-10/h1-6,8H,7,17H2. The van der Waals surface area contributed by atoms with E-state index in [1.165, 1.54) is 12.1 Å². The Bertz CT molecular complexity index is 561. The quantitative estimate of drug-likeness (QED) is 0.695. The highest BCUT2D eigenvalue weighted by molar-refractivity contribution is 9.10. The van der Waals surface area contributed by atoms with Crippen LogP contribution in [-0.4, -0.2) is 5.78 Å². The number of nitrogen functional groups attached to an aromatic ring is 1. The summed E-state index contributed by atoms with van der Waals surface area (Å²) in [6, 6.07) is 11.1. The van der Waals surface area contributed by atoms with Crippen LogP contribution in [0.4, 0.5) is 10.1 Å². The van der Waals surface area contributed by atoms with Crippen LogP contribution in [-0.2, 0) is 6.42 Å². The van der Waals surface area contributed by atoms with E-state index in [1.807, 2.05) is 0 Å². The number of benzene rings is 2. The first-order valence-corrected chi connectivity index (χ1v) is 6.17. The topological polar surface area (TPSA) is 43.1 Å². The number of hydrogen-bond acceptors (Lipinski definition) is 2. The Morgan fingerprint density at radius 3 is 2.44 bits per heavy atom. The van der Waals surface area contributed by atoms with E-state index in [9.17, 15) is 9.18 Å². The van der Waals surface area contributed by atoms with Crippen LogP contribution in [0.2, 0.25) is 0 Å². The molecule has 0 saturated carbocycles. The van der Waals surface area contributed by atoms with Crippen molar-refractivity contribution in [3.8, 4) is 0 Å². The maximum Gasteiger partial charge on any atom is 0.167 e. The van der Waals surface area contributed by atoms with Crippen LogP contribution in [0.5, 0.6) is 0 Å². The summed E-state index contributed by atoms with van der Waals surface area (Å²) in [5.41, 5.74) is 7.38. The van der Waals surface area contributed by atoms with Crippen molar-refractivity contribution < 1.29 is 9.18 Å². The zero-order valence-corrected chi connectivity index (χ0v) is 11.1. The molecule has 92 valence electrons. The Labute approximate surface area is 113 Å². The normalized spacial score (nSPS) is 10.3. The molecule has 0 aliphatic heterocycles. The third-order valence-electron chi connectivity index (χ3n) is 2.52. The molecule has 0 aliphatic carbocycles. The summed E-state index contributed by atoms with van der Waals surface area (Å²) in [7, 11) is 0. The van der Waals surface area contributed by atoms with Crippen LogP contribution in [0.3, 0.4) is 0 Å². The fourth-order valence-corrected chi connectivity index (χ4v) is 2.18. The van der Waals surface area contributed by atoms with Crippen molar-refractivity contribution >= 4 is 27.4 Å². The van der Waals surface area contributed by atoms with Crippen LogP contribution in [0.15, 0.2) is 46.9 Å². The molecule has 0 fully saturated rings. The predicted octanol–water partition coefficient (Wildman–Crippen LogP) is 3.60. The summed E-state index contributed by atoms with van der Waals surface area (Å²) >= 11 is 3.20. The van der Waals surface area contributed by atoms with Crippen molar-refractivity contribution in [1.29, 1.82) is 0 Å². The van der Waals surface area contributed by atoms with E-state index in [0.29, 0.717) is 21.3 Å². The molecule has 0 spiro atoms. The first-order valence-electron chi connectivity index (χ1n) is 5.38. The fraction of sp³-hybridized carbons (Fsp3) is 0.0714. The van der Waals surface area contributed by atoms with Gasteiger partial charge in [0.15, 0.2) is 5.78 Å². The lowest BCUT2D eigenvalue weighted by atomic mass is 10.0. The highest BCUT2D eigenvalue weighted by Gasteiger charge is 2.08. The van der Waals surface area contributed by atoms with Gasteiger partial charge in [0.1, 0.15) is 5.82 Å². The molecular formula is C14H11BrFNO. The molecule has 2 N–H and O–H groups in total. The average Bonchev–Trinajstić information content (AvgIpc) is 2.28. The van der Waals surface area contributed by atoms with E-state index in [-0.39, 0.29) is 18.0 Å². The minimum atomic E-state index is -0.357. The second-order valence-corrected chi connectivity index (χ2v) is 4.92. The van der Waals surface area contributed by atoms with E-state index in [4.69, 9.17) is 5.73 Å². The Kier molecular flexibility index (Phi) is 3.77. The minimum Gasteiger partial charge on any atom is -0.399 e. The number of anilines is 1. The maximum atomic E-state index is 13.2. The lowest BCUT2D eigenvalue weighted by molar-refractivity contribution is 0.0993. The molecular weight excluding hydrogens is 297 g/mol. The summed E-state index contributed by atoms with van der Waals surface area (Å²) in [6.45, 7) is 0. The fourth-order valence-electron chi connectivity index (χ4n) is 1.67. The second kappa shape index (κ2) is 5.31. The lowest BCUT2D eigenvalue weighted by Gasteiger charge is -2.03. The first kappa shape index (κ1) is 12.8. The Morgan fingerprint density at radius 1 is 1.17 bits per heavy atom.